The second kappa shape index (κ2) is 3.87. The van der Waals surface area contributed by atoms with E-state index in [1.807, 2.05) is 0 Å². The van der Waals surface area contributed by atoms with Gasteiger partial charge in [-0.1, -0.05) is 0 Å². The van der Waals surface area contributed by atoms with Crippen LogP contribution in [0.1, 0.15) is 32.1 Å². The van der Waals surface area contributed by atoms with E-state index in [0.29, 0.717) is 19.1 Å². The fraction of sp³-hybridized carbons (Fsp3) is 0.900. The van der Waals surface area contributed by atoms with Gasteiger partial charge in [0.25, 0.3) is 0 Å². The molecular formula is C10H18N2O2. The molecule has 0 aromatic carbocycles. The third-order valence-corrected chi connectivity index (χ3v) is 3.03. The van der Waals surface area contributed by atoms with Crippen molar-refractivity contribution in [1.82, 2.24) is 10.6 Å². The minimum absolute atomic E-state index is 0.00257. The van der Waals surface area contributed by atoms with Crippen LogP contribution in [0.3, 0.4) is 0 Å². The summed E-state index contributed by atoms with van der Waals surface area (Å²) in [5, 5.41) is 15.6. The van der Waals surface area contributed by atoms with E-state index in [9.17, 15) is 9.90 Å². The molecule has 0 unspecified atom stereocenters. The summed E-state index contributed by atoms with van der Waals surface area (Å²) in [4.78, 5) is 11.3. The highest BCUT2D eigenvalue weighted by Crippen LogP contribution is 2.30. The van der Waals surface area contributed by atoms with Gasteiger partial charge in [-0.25, -0.2) is 0 Å². The number of nitrogens with one attached hydrogen (secondary N) is 2. The molecule has 2 aliphatic rings. The summed E-state index contributed by atoms with van der Waals surface area (Å²) in [6, 6.07) is 0.563. The molecule has 0 spiro atoms. The Kier molecular flexibility index (Phi) is 2.74. The van der Waals surface area contributed by atoms with Crippen LogP contribution in [0.4, 0.5) is 0 Å². The number of carbonyl (C=O) groups is 1. The summed E-state index contributed by atoms with van der Waals surface area (Å²) in [5.41, 5.74) is -0.602. The Morgan fingerprint density at radius 2 is 2.14 bits per heavy atom. The molecule has 0 bridgehead atoms. The maximum atomic E-state index is 11.3. The Hall–Kier alpha value is -0.610. The Labute approximate surface area is 84.1 Å². The highest BCUT2D eigenvalue weighted by atomic mass is 16.3. The Bertz CT molecular complexity index is 222. The highest BCUT2D eigenvalue weighted by molar-refractivity contribution is 5.78. The molecule has 0 atom stereocenters. The first-order chi connectivity index (χ1) is 6.68. The second-order valence-electron chi connectivity index (χ2n) is 4.51. The molecule has 0 heterocycles. The number of carbonyl (C=O) groups excluding carboxylic acids is 1. The Morgan fingerprint density at radius 3 is 2.64 bits per heavy atom. The molecule has 14 heavy (non-hydrogen) atoms. The third kappa shape index (κ3) is 2.69. The van der Waals surface area contributed by atoms with Gasteiger partial charge in [0.05, 0.1) is 12.1 Å². The zero-order valence-electron chi connectivity index (χ0n) is 8.38. The lowest BCUT2D eigenvalue weighted by Crippen LogP contribution is -2.49. The summed E-state index contributed by atoms with van der Waals surface area (Å²) in [6.45, 7) is 0.804. The first-order valence-corrected chi connectivity index (χ1v) is 5.40. The maximum absolute atomic E-state index is 11.3. The number of hydrogen-bond donors (Lipinski definition) is 3. The molecule has 2 saturated carbocycles. The molecule has 0 aromatic rings. The van der Waals surface area contributed by atoms with Crippen LogP contribution in [0, 0.1) is 0 Å². The second-order valence-corrected chi connectivity index (χ2v) is 4.51. The van der Waals surface area contributed by atoms with Crippen LogP contribution in [0.2, 0.25) is 0 Å². The van der Waals surface area contributed by atoms with E-state index < -0.39 is 5.60 Å². The first-order valence-electron chi connectivity index (χ1n) is 5.40. The minimum atomic E-state index is -0.602. The molecule has 2 fully saturated rings. The lowest BCUT2D eigenvalue weighted by atomic mass is 9.80. The van der Waals surface area contributed by atoms with Gasteiger partial charge in [-0.05, 0) is 32.1 Å². The lowest BCUT2D eigenvalue weighted by molar-refractivity contribution is -0.122. The van der Waals surface area contributed by atoms with Gasteiger partial charge >= 0.3 is 0 Å². The van der Waals surface area contributed by atoms with Gasteiger partial charge in [0.15, 0.2) is 0 Å². The van der Waals surface area contributed by atoms with Crippen LogP contribution in [-0.2, 0) is 4.79 Å². The largest absolute Gasteiger partial charge is 0.388 e. The van der Waals surface area contributed by atoms with Gasteiger partial charge in [-0.15, -0.1) is 0 Å². The fourth-order valence-electron chi connectivity index (χ4n) is 1.61. The predicted molar refractivity (Wildman–Crippen MR) is 52.8 cm³/mol. The summed E-state index contributed by atoms with van der Waals surface area (Å²) in [5.74, 6) is -0.00257. The van der Waals surface area contributed by atoms with Crippen molar-refractivity contribution in [2.75, 3.05) is 13.1 Å². The van der Waals surface area contributed by atoms with Crippen LogP contribution in [-0.4, -0.2) is 35.7 Å². The smallest absolute Gasteiger partial charge is 0.234 e. The topological polar surface area (TPSA) is 61.4 Å². The Balaban J connectivity index is 1.56. The van der Waals surface area contributed by atoms with Gasteiger partial charge in [0.2, 0.25) is 5.91 Å². The van der Waals surface area contributed by atoms with Crippen molar-refractivity contribution in [2.24, 2.45) is 0 Å². The summed E-state index contributed by atoms with van der Waals surface area (Å²) in [7, 11) is 0. The van der Waals surface area contributed by atoms with Crippen LogP contribution in [0.5, 0.6) is 0 Å². The van der Waals surface area contributed by atoms with E-state index in [1.54, 1.807) is 0 Å². The summed E-state index contributed by atoms with van der Waals surface area (Å²) < 4.78 is 0. The lowest BCUT2D eigenvalue weighted by Gasteiger charge is -2.36. The van der Waals surface area contributed by atoms with Gasteiger partial charge in [-0.2, -0.15) is 0 Å². The fourth-order valence-corrected chi connectivity index (χ4v) is 1.61. The van der Waals surface area contributed by atoms with Crippen LogP contribution in [0.15, 0.2) is 0 Å². The molecule has 2 rings (SSSR count). The summed E-state index contributed by atoms with van der Waals surface area (Å²) >= 11 is 0. The molecule has 4 nitrogen and oxygen atoms in total. The standard InChI is InChI=1S/C10H18N2O2/c13-9(6-11-8-2-3-8)12-7-10(14)4-1-5-10/h8,11,14H,1-7H2,(H,12,13). The zero-order chi connectivity index (χ0) is 10.0. The van der Waals surface area contributed by atoms with E-state index >= 15 is 0 Å². The molecule has 2 aliphatic carbocycles. The monoisotopic (exact) mass is 198 g/mol. The van der Waals surface area contributed by atoms with E-state index in [4.69, 9.17) is 0 Å². The average molecular weight is 198 g/mol. The van der Waals surface area contributed by atoms with E-state index in [2.05, 4.69) is 10.6 Å². The van der Waals surface area contributed by atoms with E-state index in [0.717, 1.165) is 19.3 Å². The third-order valence-electron chi connectivity index (χ3n) is 3.03. The molecule has 0 aliphatic heterocycles. The van der Waals surface area contributed by atoms with Crippen molar-refractivity contribution in [1.29, 1.82) is 0 Å². The highest BCUT2D eigenvalue weighted by Gasteiger charge is 2.34. The van der Waals surface area contributed by atoms with Crippen molar-refractivity contribution < 1.29 is 9.90 Å². The number of amides is 1. The van der Waals surface area contributed by atoms with Crippen molar-refractivity contribution in [3.63, 3.8) is 0 Å². The number of rotatable bonds is 5. The zero-order valence-corrected chi connectivity index (χ0v) is 8.38. The van der Waals surface area contributed by atoms with Gasteiger partial charge in [0, 0.05) is 12.6 Å². The van der Waals surface area contributed by atoms with Crippen molar-refractivity contribution in [3.05, 3.63) is 0 Å². The SMILES string of the molecule is O=C(CNC1CC1)NCC1(O)CCC1. The molecular weight excluding hydrogens is 180 g/mol. The Morgan fingerprint density at radius 1 is 1.43 bits per heavy atom. The molecule has 3 N–H and O–H groups in total. The molecule has 4 heteroatoms. The minimum Gasteiger partial charge on any atom is -0.388 e. The van der Waals surface area contributed by atoms with E-state index in [1.165, 1.54) is 12.8 Å². The molecule has 1 amide bonds. The van der Waals surface area contributed by atoms with Gasteiger partial charge in [0.1, 0.15) is 0 Å². The molecule has 0 aromatic heterocycles. The molecule has 0 saturated heterocycles. The van der Waals surface area contributed by atoms with Crippen LogP contribution >= 0.6 is 0 Å². The van der Waals surface area contributed by atoms with Gasteiger partial charge < -0.3 is 15.7 Å². The van der Waals surface area contributed by atoms with Gasteiger partial charge in [-0.3, -0.25) is 4.79 Å². The van der Waals surface area contributed by atoms with Crippen LogP contribution in [0.25, 0.3) is 0 Å². The molecule has 80 valence electrons. The van der Waals surface area contributed by atoms with Crippen molar-refractivity contribution in [2.45, 2.75) is 43.7 Å². The number of aliphatic hydroxyl groups is 1. The number of hydrogen-bond acceptors (Lipinski definition) is 3. The summed E-state index contributed by atoms with van der Waals surface area (Å²) in [6.07, 6.45) is 5.10. The van der Waals surface area contributed by atoms with E-state index in [-0.39, 0.29) is 5.91 Å². The first kappa shape index (κ1) is 9.93. The quantitative estimate of drug-likeness (QED) is 0.572. The predicted octanol–water partition coefficient (Wildman–Crippen LogP) is -0.230. The maximum Gasteiger partial charge on any atom is 0.234 e. The van der Waals surface area contributed by atoms with Crippen LogP contribution < -0.4 is 10.6 Å². The molecule has 0 radical (unpaired) electrons. The normalized spacial score (nSPS) is 24.1. The van der Waals surface area contributed by atoms with Crippen molar-refractivity contribution in [3.8, 4) is 0 Å². The average Bonchev–Trinajstić information content (AvgIpc) is 2.91. The van der Waals surface area contributed by atoms with Crippen molar-refractivity contribution >= 4 is 5.91 Å².